The number of aromatic amines is 1. The predicted octanol–water partition coefficient (Wildman–Crippen LogP) is 4.09. The number of hydrogen-bond donors (Lipinski definition) is 1. The summed E-state index contributed by atoms with van der Waals surface area (Å²) in [5.41, 5.74) is 2.22. The Morgan fingerprint density at radius 1 is 1.00 bits per heavy atom. The molecule has 0 radical (unpaired) electrons. The molecule has 0 bridgehead atoms. The van der Waals surface area contributed by atoms with E-state index in [0.29, 0.717) is 0 Å². The molecule has 0 saturated carbocycles. The third kappa shape index (κ3) is 4.55. The van der Waals surface area contributed by atoms with Gasteiger partial charge in [0.05, 0.1) is 0 Å². The number of hydrogen-bond acceptors (Lipinski definition) is 4. The topological polar surface area (TPSA) is 40.7 Å². The summed E-state index contributed by atoms with van der Waals surface area (Å²) in [4.78, 5) is 8.26. The van der Waals surface area contributed by atoms with Crippen molar-refractivity contribution in [3.05, 3.63) is 60.0 Å². The van der Waals surface area contributed by atoms with Crippen molar-refractivity contribution in [2.24, 2.45) is 0 Å². The molecule has 164 valence electrons. The van der Waals surface area contributed by atoms with E-state index in [2.05, 4.69) is 21.7 Å². The number of nitrogens with zero attached hydrogens (tertiary/aromatic N) is 2. The van der Waals surface area contributed by atoms with E-state index < -0.39 is 0 Å². The molecule has 2 aromatic carbocycles. The van der Waals surface area contributed by atoms with E-state index in [4.69, 9.17) is 9.47 Å². The first-order valence-corrected chi connectivity index (χ1v) is 11.3. The first-order chi connectivity index (χ1) is 15.2. The molecule has 1 N–H and O–H groups in total. The molecule has 0 amide bonds. The highest BCUT2D eigenvalue weighted by Crippen LogP contribution is 2.33. The largest absolute Gasteiger partial charge is 0.483 e. The molecule has 3 heterocycles. The summed E-state index contributed by atoms with van der Waals surface area (Å²) in [6.07, 6.45) is 4.18. The Hall–Kier alpha value is -2.57. The van der Waals surface area contributed by atoms with Crippen molar-refractivity contribution in [1.29, 1.82) is 0 Å². The minimum Gasteiger partial charge on any atom is -0.483 e. The Morgan fingerprint density at radius 2 is 1.74 bits per heavy atom. The Bertz CT molecular complexity index is 1030. The Kier molecular flexibility index (Phi) is 5.83. The minimum absolute atomic E-state index is 0.0499. The summed E-state index contributed by atoms with van der Waals surface area (Å²) in [7, 11) is 0. The molecule has 1 fully saturated rings. The fourth-order valence-electron chi connectivity index (χ4n) is 4.67. The zero-order valence-electron chi connectivity index (χ0n) is 18.0. The van der Waals surface area contributed by atoms with Crippen LogP contribution in [0.1, 0.15) is 18.9 Å². The molecular formula is C25H30FN3O2. The lowest BCUT2D eigenvalue weighted by molar-refractivity contribution is -0.000249. The monoisotopic (exact) mass is 423 g/mol. The second-order valence-electron chi connectivity index (χ2n) is 8.68. The highest BCUT2D eigenvalue weighted by atomic mass is 19.1. The molecule has 1 aromatic heterocycles. The maximum Gasteiger partial charge on any atom is 0.161 e. The number of aromatic nitrogens is 1. The summed E-state index contributed by atoms with van der Waals surface area (Å²) < 4.78 is 25.8. The van der Waals surface area contributed by atoms with E-state index in [-0.39, 0.29) is 18.0 Å². The van der Waals surface area contributed by atoms with Crippen LogP contribution in [0.15, 0.2) is 48.7 Å². The number of para-hydroxylation sites is 2. The Morgan fingerprint density at radius 3 is 2.55 bits per heavy atom. The van der Waals surface area contributed by atoms with E-state index in [1.807, 2.05) is 36.5 Å². The molecule has 2 atom stereocenters. The van der Waals surface area contributed by atoms with Gasteiger partial charge in [-0.15, -0.1) is 0 Å². The summed E-state index contributed by atoms with van der Waals surface area (Å²) in [5.74, 6) is 1.52. The number of nitrogens with one attached hydrogen (secondary N) is 1. The van der Waals surface area contributed by atoms with Crippen LogP contribution in [0.25, 0.3) is 10.9 Å². The quantitative estimate of drug-likeness (QED) is 0.649. The number of fused-ring (bicyclic) bond motifs is 2. The fraction of sp³-hybridized carbons (Fsp3) is 0.440. The van der Waals surface area contributed by atoms with Crippen LogP contribution in [0.5, 0.6) is 11.5 Å². The fourth-order valence-corrected chi connectivity index (χ4v) is 4.67. The maximum atomic E-state index is 13.6. The van der Waals surface area contributed by atoms with Gasteiger partial charge in [0.2, 0.25) is 0 Å². The van der Waals surface area contributed by atoms with E-state index in [1.54, 1.807) is 6.07 Å². The van der Waals surface area contributed by atoms with Crippen LogP contribution in [0.3, 0.4) is 0 Å². The Labute approximate surface area is 182 Å². The van der Waals surface area contributed by atoms with Gasteiger partial charge in [-0.2, -0.15) is 0 Å². The van der Waals surface area contributed by atoms with Gasteiger partial charge >= 0.3 is 0 Å². The van der Waals surface area contributed by atoms with Crippen LogP contribution >= 0.6 is 0 Å². The van der Waals surface area contributed by atoms with Crippen molar-refractivity contribution >= 4 is 10.9 Å². The van der Waals surface area contributed by atoms with Gasteiger partial charge in [0, 0.05) is 49.8 Å². The lowest BCUT2D eigenvalue weighted by atomic mass is 10.1. The highest BCUT2D eigenvalue weighted by molar-refractivity contribution is 5.83. The smallest absolute Gasteiger partial charge is 0.161 e. The van der Waals surface area contributed by atoms with Crippen molar-refractivity contribution in [2.45, 2.75) is 32.0 Å². The first kappa shape index (κ1) is 20.3. The van der Waals surface area contributed by atoms with Crippen molar-refractivity contribution < 1.29 is 13.9 Å². The van der Waals surface area contributed by atoms with Gasteiger partial charge < -0.3 is 19.4 Å². The standard InChI is InChI=1S/C25H30FN3O2/c1-18-25(31-24-7-3-2-6-23(24)30-18)17-29-13-11-28(12-14-29)10-4-5-19-16-27-22-9-8-20(26)15-21(19)22/h2-3,6-9,15-16,18,25,27H,4-5,10-14,17H2,1H3. The van der Waals surface area contributed by atoms with Gasteiger partial charge in [0.15, 0.2) is 11.5 Å². The third-order valence-electron chi connectivity index (χ3n) is 6.52. The normalized spacial score (nSPS) is 22.1. The first-order valence-electron chi connectivity index (χ1n) is 11.3. The summed E-state index contributed by atoms with van der Waals surface area (Å²) >= 11 is 0. The van der Waals surface area contributed by atoms with Gasteiger partial charge in [-0.1, -0.05) is 12.1 Å². The van der Waals surface area contributed by atoms with Crippen LogP contribution in [0.2, 0.25) is 0 Å². The molecule has 2 unspecified atom stereocenters. The molecule has 5 nitrogen and oxygen atoms in total. The van der Waals surface area contributed by atoms with Gasteiger partial charge in [-0.3, -0.25) is 4.90 Å². The molecule has 31 heavy (non-hydrogen) atoms. The highest BCUT2D eigenvalue weighted by Gasteiger charge is 2.30. The molecule has 6 heteroatoms. The number of aryl methyl sites for hydroxylation is 1. The molecule has 5 rings (SSSR count). The molecule has 1 saturated heterocycles. The zero-order valence-corrected chi connectivity index (χ0v) is 18.0. The van der Waals surface area contributed by atoms with Gasteiger partial charge in [0.1, 0.15) is 18.0 Å². The summed E-state index contributed by atoms with van der Waals surface area (Å²) in [6, 6.07) is 12.9. The van der Waals surface area contributed by atoms with Gasteiger partial charge in [0.25, 0.3) is 0 Å². The average molecular weight is 424 g/mol. The third-order valence-corrected chi connectivity index (χ3v) is 6.52. The SMILES string of the molecule is CC1Oc2ccccc2OC1CN1CCN(CCCc2c[nH]c3ccc(F)cc23)CC1. The van der Waals surface area contributed by atoms with Crippen LogP contribution in [0, 0.1) is 5.82 Å². The average Bonchev–Trinajstić information content (AvgIpc) is 3.17. The van der Waals surface area contributed by atoms with E-state index >= 15 is 0 Å². The number of halogens is 1. The van der Waals surface area contributed by atoms with Crippen LogP contribution in [0.4, 0.5) is 4.39 Å². The second-order valence-corrected chi connectivity index (χ2v) is 8.68. The number of benzene rings is 2. The van der Waals surface area contributed by atoms with Crippen LogP contribution in [-0.4, -0.2) is 66.3 Å². The van der Waals surface area contributed by atoms with Crippen LogP contribution < -0.4 is 9.47 Å². The molecule has 0 aliphatic carbocycles. The zero-order chi connectivity index (χ0) is 21.2. The molecular weight excluding hydrogens is 393 g/mol. The molecule has 2 aliphatic heterocycles. The van der Waals surface area contributed by atoms with E-state index in [0.717, 1.165) is 74.5 Å². The number of H-pyrrole nitrogens is 1. The number of rotatable bonds is 6. The summed E-state index contributed by atoms with van der Waals surface area (Å²) in [6.45, 7) is 8.29. The van der Waals surface area contributed by atoms with Gasteiger partial charge in [-0.25, -0.2) is 4.39 Å². The van der Waals surface area contributed by atoms with Crippen molar-refractivity contribution in [2.75, 3.05) is 39.3 Å². The molecule has 0 spiro atoms. The van der Waals surface area contributed by atoms with Gasteiger partial charge in [-0.05, 0) is 62.2 Å². The summed E-state index contributed by atoms with van der Waals surface area (Å²) in [5, 5.41) is 1.01. The molecule has 2 aliphatic rings. The Balaban J connectivity index is 1.07. The molecule has 3 aromatic rings. The number of ether oxygens (including phenoxy) is 2. The second kappa shape index (κ2) is 8.89. The minimum atomic E-state index is -0.172. The number of piperazine rings is 1. The van der Waals surface area contributed by atoms with Crippen molar-refractivity contribution in [1.82, 2.24) is 14.8 Å². The lowest BCUT2D eigenvalue weighted by Gasteiger charge is -2.39. The van der Waals surface area contributed by atoms with Crippen molar-refractivity contribution in [3.8, 4) is 11.5 Å². The lowest BCUT2D eigenvalue weighted by Crippen LogP contribution is -2.52. The van der Waals surface area contributed by atoms with Crippen LogP contribution in [-0.2, 0) is 6.42 Å². The van der Waals surface area contributed by atoms with E-state index in [9.17, 15) is 4.39 Å². The maximum absolute atomic E-state index is 13.6. The van der Waals surface area contributed by atoms with E-state index in [1.165, 1.54) is 11.6 Å². The predicted molar refractivity (Wildman–Crippen MR) is 120 cm³/mol. The van der Waals surface area contributed by atoms with Crippen molar-refractivity contribution in [3.63, 3.8) is 0 Å².